The summed E-state index contributed by atoms with van der Waals surface area (Å²) in [5.74, 6) is -0.496. The molecule has 2 unspecified atom stereocenters. The monoisotopic (exact) mass is 212 g/mol. The van der Waals surface area contributed by atoms with Crippen LogP contribution in [0.15, 0.2) is 23.1 Å². The number of halogens is 1. The lowest BCUT2D eigenvalue weighted by molar-refractivity contribution is 0.0934. The van der Waals surface area contributed by atoms with Crippen molar-refractivity contribution in [3.8, 4) is 0 Å². The topological polar surface area (TPSA) is 34.1 Å². The van der Waals surface area contributed by atoms with Gasteiger partial charge in [0.05, 0.1) is 10.8 Å². The van der Waals surface area contributed by atoms with Crippen molar-refractivity contribution in [3.63, 3.8) is 0 Å². The fraction of sp³-hybridized carbons (Fsp3) is 0.300. The molecule has 0 saturated carbocycles. The van der Waals surface area contributed by atoms with Crippen LogP contribution in [0.4, 0.5) is 4.39 Å². The second kappa shape index (κ2) is 3.28. The zero-order valence-corrected chi connectivity index (χ0v) is 8.44. The minimum atomic E-state index is -1.16. The van der Waals surface area contributed by atoms with E-state index in [0.717, 1.165) is 0 Å². The van der Waals surface area contributed by atoms with Gasteiger partial charge in [0.2, 0.25) is 0 Å². The first-order chi connectivity index (χ1) is 6.59. The van der Waals surface area contributed by atoms with Gasteiger partial charge in [0.1, 0.15) is 5.82 Å². The Labute approximate surface area is 83.6 Å². The minimum absolute atomic E-state index is 0.112. The van der Waals surface area contributed by atoms with Gasteiger partial charge < -0.3 is 0 Å². The molecule has 0 radical (unpaired) electrons. The van der Waals surface area contributed by atoms with Crippen molar-refractivity contribution in [3.05, 3.63) is 29.6 Å². The number of ketones is 1. The second-order valence-electron chi connectivity index (χ2n) is 3.42. The fourth-order valence-electron chi connectivity index (χ4n) is 1.55. The van der Waals surface area contributed by atoms with Gasteiger partial charge in [0, 0.05) is 22.1 Å². The highest BCUT2D eigenvalue weighted by atomic mass is 32.2. The number of benzene rings is 1. The molecular formula is C10H9FO2S. The van der Waals surface area contributed by atoms with Gasteiger partial charge in [-0.25, -0.2) is 4.39 Å². The molecule has 1 aromatic carbocycles. The zero-order valence-electron chi connectivity index (χ0n) is 7.62. The molecule has 1 aliphatic rings. The summed E-state index contributed by atoms with van der Waals surface area (Å²) in [5.41, 5.74) is 0.280. The quantitative estimate of drug-likeness (QED) is 0.656. The summed E-state index contributed by atoms with van der Waals surface area (Å²) >= 11 is 0. The molecule has 1 aliphatic heterocycles. The lowest BCUT2D eigenvalue weighted by Crippen LogP contribution is -2.26. The third-order valence-corrected chi connectivity index (χ3v) is 3.95. The van der Waals surface area contributed by atoms with Gasteiger partial charge >= 0.3 is 0 Å². The van der Waals surface area contributed by atoms with Gasteiger partial charge in [-0.15, -0.1) is 0 Å². The predicted molar refractivity (Wildman–Crippen MR) is 51.2 cm³/mol. The highest BCUT2D eigenvalue weighted by Crippen LogP contribution is 2.25. The Morgan fingerprint density at radius 2 is 2.21 bits per heavy atom. The van der Waals surface area contributed by atoms with Crippen molar-refractivity contribution in [2.24, 2.45) is 5.92 Å². The van der Waals surface area contributed by atoms with Crippen LogP contribution < -0.4 is 0 Å². The van der Waals surface area contributed by atoms with Crippen molar-refractivity contribution in [1.29, 1.82) is 0 Å². The van der Waals surface area contributed by atoms with Crippen LogP contribution in [-0.2, 0) is 10.8 Å². The molecule has 1 heterocycles. The molecule has 0 N–H and O–H groups in total. The normalized spacial score (nSPS) is 26.0. The molecule has 4 heteroatoms. The van der Waals surface area contributed by atoms with Crippen molar-refractivity contribution >= 4 is 16.6 Å². The van der Waals surface area contributed by atoms with Crippen LogP contribution in [0, 0.1) is 11.7 Å². The number of fused-ring (bicyclic) bond motifs is 1. The summed E-state index contributed by atoms with van der Waals surface area (Å²) in [6.07, 6.45) is 0. The Morgan fingerprint density at radius 1 is 1.50 bits per heavy atom. The van der Waals surface area contributed by atoms with Crippen molar-refractivity contribution in [1.82, 2.24) is 0 Å². The molecule has 0 amide bonds. The number of rotatable bonds is 0. The smallest absolute Gasteiger partial charge is 0.167 e. The Bertz CT molecular complexity index is 428. The van der Waals surface area contributed by atoms with E-state index in [1.165, 1.54) is 18.2 Å². The lowest BCUT2D eigenvalue weighted by Gasteiger charge is -2.19. The SMILES string of the molecule is CC1CS(=O)c2ccc(F)cc2C1=O. The summed E-state index contributed by atoms with van der Waals surface area (Å²) in [7, 11) is -1.16. The van der Waals surface area contributed by atoms with Gasteiger partial charge in [-0.2, -0.15) is 0 Å². The molecule has 0 bridgehead atoms. The number of hydrogen-bond donors (Lipinski definition) is 0. The Morgan fingerprint density at radius 3 is 2.93 bits per heavy atom. The maximum absolute atomic E-state index is 12.9. The average Bonchev–Trinajstić information content (AvgIpc) is 2.14. The minimum Gasteiger partial charge on any atom is -0.294 e. The number of Topliss-reactive ketones (excluding diaryl/α,β-unsaturated/α-hetero) is 1. The molecular weight excluding hydrogens is 203 g/mol. The largest absolute Gasteiger partial charge is 0.294 e. The van der Waals surface area contributed by atoms with Crippen molar-refractivity contribution in [2.45, 2.75) is 11.8 Å². The van der Waals surface area contributed by atoms with E-state index in [1.807, 2.05) is 0 Å². The summed E-state index contributed by atoms with van der Waals surface area (Å²) in [6.45, 7) is 1.72. The highest BCUT2D eigenvalue weighted by Gasteiger charge is 2.28. The van der Waals surface area contributed by atoms with Gasteiger partial charge in [-0.05, 0) is 18.2 Å². The standard InChI is InChI=1S/C10H9FO2S/c1-6-5-14(13)9-3-2-7(11)4-8(9)10(6)12/h2-4,6H,5H2,1H3. The summed E-state index contributed by atoms with van der Waals surface area (Å²) in [5, 5.41) is 0. The van der Waals surface area contributed by atoms with Crippen molar-refractivity contribution < 1.29 is 13.4 Å². The molecule has 0 aliphatic carbocycles. The van der Waals surface area contributed by atoms with Gasteiger partial charge in [0.25, 0.3) is 0 Å². The Balaban J connectivity index is 2.62. The number of carbonyl (C=O) groups is 1. The average molecular weight is 212 g/mol. The molecule has 1 aromatic rings. The van der Waals surface area contributed by atoms with E-state index in [-0.39, 0.29) is 17.3 Å². The Hall–Kier alpha value is -1.03. The van der Waals surface area contributed by atoms with Gasteiger partial charge in [-0.1, -0.05) is 6.92 Å². The van der Waals surface area contributed by atoms with E-state index in [9.17, 15) is 13.4 Å². The number of carbonyl (C=O) groups excluding carboxylic acids is 1. The predicted octanol–water partition coefficient (Wildman–Crippen LogP) is 1.77. The molecule has 2 atom stereocenters. The molecule has 0 saturated heterocycles. The van der Waals surface area contributed by atoms with Crippen LogP contribution in [0.1, 0.15) is 17.3 Å². The summed E-state index contributed by atoms with van der Waals surface area (Å²) < 4.78 is 24.5. The first-order valence-corrected chi connectivity index (χ1v) is 5.63. The van der Waals surface area contributed by atoms with Crippen LogP contribution in [0.25, 0.3) is 0 Å². The third kappa shape index (κ3) is 1.39. The van der Waals surface area contributed by atoms with Gasteiger partial charge in [-0.3, -0.25) is 9.00 Å². The first kappa shape index (κ1) is 9.52. The van der Waals surface area contributed by atoms with E-state index >= 15 is 0 Å². The summed E-state index contributed by atoms with van der Waals surface area (Å²) in [6, 6.07) is 3.84. The second-order valence-corrected chi connectivity index (χ2v) is 4.88. The third-order valence-electron chi connectivity index (χ3n) is 2.30. The number of hydrogen-bond acceptors (Lipinski definition) is 2. The maximum atomic E-state index is 12.9. The molecule has 0 spiro atoms. The van der Waals surface area contributed by atoms with E-state index in [4.69, 9.17) is 0 Å². The van der Waals surface area contributed by atoms with E-state index < -0.39 is 16.6 Å². The van der Waals surface area contributed by atoms with Crippen LogP contribution in [-0.4, -0.2) is 15.7 Å². The van der Waals surface area contributed by atoms with Crippen molar-refractivity contribution in [2.75, 3.05) is 5.75 Å². The van der Waals surface area contributed by atoms with E-state index in [1.54, 1.807) is 6.92 Å². The molecule has 0 aromatic heterocycles. The van der Waals surface area contributed by atoms with E-state index in [2.05, 4.69) is 0 Å². The van der Waals surface area contributed by atoms with Crippen LogP contribution in [0.2, 0.25) is 0 Å². The molecule has 14 heavy (non-hydrogen) atoms. The van der Waals surface area contributed by atoms with E-state index in [0.29, 0.717) is 10.6 Å². The van der Waals surface area contributed by atoms with Crippen LogP contribution >= 0.6 is 0 Å². The molecule has 2 nitrogen and oxygen atoms in total. The molecule has 0 fully saturated rings. The van der Waals surface area contributed by atoms with Crippen LogP contribution in [0.5, 0.6) is 0 Å². The Kier molecular flexibility index (Phi) is 2.23. The fourth-order valence-corrected chi connectivity index (χ4v) is 2.96. The zero-order chi connectivity index (χ0) is 10.3. The lowest BCUT2D eigenvalue weighted by atomic mass is 10.0. The summed E-state index contributed by atoms with van der Waals surface area (Å²) in [4.78, 5) is 12.1. The first-order valence-electron chi connectivity index (χ1n) is 4.31. The molecule has 74 valence electrons. The maximum Gasteiger partial charge on any atom is 0.167 e. The van der Waals surface area contributed by atoms with Gasteiger partial charge in [0.15, 0.2) is 5.78 Å². The highest BCUT2D eigenvalue weighted by molar-refractivity contribution is 7.85. The van der Waals surface area contributed by atoms with Crippen LogP contribution in [0.3, 0.4) is 0 Å². The molecule has 2 rings (SSSR count).